The van der Waals surface area contributed by atoms with E-state index >= 15 is 0 Å². The Balaban J connectivity index is 1.42. The lowest BCUT2D eigenvalue weighted by Gasteiger charge is -2.28. The maximum Gasteiger partial charge on any atom is 0.160 e. The molecule has 3 nitrogen and oxygen atoms in total. The van der Waals surface area contributed by atoms with E-state index in [0.29, 0.717) is 0 Å². The monoisotopic (exact) mass is 577 g/mol. The molecule has 0 N–H and O–H groups in total. The van der Waals surface area contributed by atoms with E-state index in [1.165, 1.54) is 0 Å². The molecular weight excluding hydrogens is 550 g/mol. The van der Waals surface area contributed by atoms with Crippen molar-refractivity contribution >= 4 is 60.9 Å². The van der Waals surface area contributed by atoms with Gasteiger partial charge in [0.05, 0.1) is 11.4 Å². The van der Waals surface area contributed by atoms with E-state index in [-0.39, 0.29) is 0 Å². The zero-order valence-electron chi connectivity index (χ0n) is 24.4. The largest absolute Gasteiger partial charge is 0.454 e. The maximum absolute atomic E-state index is 6.78. The van der Waals surface area contributed by atoms with Crippen LogP contribution in [-0.4, -0.2) is 0 Å². The zero-order valence-corrected chi connectivity index (χ0v) is 24.4. The molecule has 3 heteroatoms. The predicted octanol–water partition coefficient (Wildman–Crippen LogP) is 12.3. The van der Waals surface area contributed by atoms with Gasteiger partial charge < -0.3 is 13.7 Å². The van der Waals surface area contributed by atoms with Gasteiger partial charge in [0.25, 0.3) is 0 Å². The first-order chi connectivity index (χ1) is 22.3. The molecule has 0 unspecified atom stereocenters. The van der Waals surface area contributed by atoms with Crippen LogP contribution in [0.3, 0.4) is 0 Å². The van der Waals surface area contributed by atoms with Gasteiger partial charge in [-0.05, 0) is 53.1 Å². The Bertz CT molecular complexity index is 2490. The van der Waals surface area contributed by atoms with Crippen molar-refractivity contribution in [2.24, 2.45) is 0 Å². The molecule has 0 spiro atoms. The van der Waals surface area contributed by atoms with Crippen LogP contribution < -0.4 is 4.90 Å². The summed E-state index contributed by atoms with van der Waals surface area (Å²) in [6.07, 6.45) is 0. The summed E-state index contributed by atoms with van der Waals surface area (Å²) < 4.78 is 13.4. The maximum atomic E-state index is 6.78. The second-order valence-electron chi connectivity index (χ2n) is 11.3. The van der Waals surface area contributed by atoms with Crippen LogP contribution in [0.4, 0.5) is 17.1 Å². The van der Waals surface area contributed by atoms with Crippen LogP contribution in [0.2, 0.25) is 0 Å². The lowest BCUT2D eigenvalue weighted by molar-refractivity contribution is 0.666. The quantitative estimate of drug-likeness (QED) is 0.204. The lowest BCUT2D eigenvalue weighted by Crippen LogP contribution is -2.12. The van der Waals surface area contributed by atoms with Crippen molar-refractivity contribution in [1.29, 1.82) is 0 Å². The number of para-hydroxylation sites is 3. The fraction of sp³-hybridized carbons (Fsp3) is 0. The number of hydrogen-bond acceptors (Lipinski definition) is 3. The highest BCUT2D eigenvalue weighted by atomic mass is 16.3. The molecule has 0 saturated heterocycles. The van der Waals surface area contributed by atoms with Crippen molar-refractivity contribution in [2.75, 3.05) is 4.90 Å². The molecule has 0 radical (unpaired) electrons. The average molecular weight is 578 g/mol. The second kappa shape index (κ2) is 10.3. The zero-order chi connectivity index (χ0) is 29.7. The van der Waals surface area contributed by atoms with Gasteiger partial charge in [0.1, 0.15) is 11.2 Å². The summed E-state index contributed by atoms with van der Waals surface area (Å²) in [5.74, 6) is 0. The lowest BCUT2D eigenvalue weighted by atomic mass is 9.98. The third-order valence-electron chi connectivity index (χ3n) is 8.67. The Labute approximate surface area is 260 Å². The Morgan fingerprint density at radius 1 is 0.378 bits per heavy atom. The third kappa shape index (κ3) is 4.13. The van der Waals surface area contributed by atoms with Gasteiger partial charge in [-0.15, -0.1) is 0 Å². The first-order valence-electron chi connectivity index (χ1n) is 15.2. The number of nitrogens with zero attached hydrogens (tertiary/aromatic N) is 1. The molecule has 0 atom stereocenters. The summed E-state index contributed by atoms with van der Waals surface area (Å²) >= 11 is 0. The van der Waals surface area contributed by atoms with Gasteiger partial charge in [-0.2, -0.15) is 0 Å². The number of fused-ring (bicyclic) bond motifs is 6. The molecule has 0 bridgehead atoms. The molecule has 2 aromatic heterocycles. The average Bonchev–Trinajstić information content (AvgIpc) is 3.69. The molecule has 0 aliphatic carbocycles. The second-order valence-corrected chi connectivity index (χ2v) is 11.3. The summed E-state index contributed by atoms with van der Waals surface area (Å²) in [5, 5.41) is 4.33. The van der Waals surface area contributed by atoms with Gasteiger partial charge in [0.15, 0.2) is 11.2 Å². The summed E-state index contributed by atoms with van der Waals surface area (Å²) in [7, 11) is 0. The van der Waals surface area contributed by atoms with Gasteiger partial charge in [0, 0.05) is 32.8 Å². The Kier molecular flexibility index (Phi) is 5.82. The Hall–Kier alpha value is -6.06. The minimum atomic E-state index is 0.829. The molecule has 7 aromatic carbocycles. The molecule has 0 amide bonds. The topological polar surface area (TPSA) is 29.5 Å². The number of benzene rings is 7. The van der Waals surface area contributed by atoms with Gasteiger partial charge in [-0.1, -0.05) is 127 Å². The fourth-order valence-corrected chi connectivity index (χ4v) is 6.60. The van der Waals surface area contributed by atoms with Crippen molar-refractivity contribution in [3.8, 4) is 22.3 Å². The molecule has 0 aliphatic heterocycles. The molecule has 0 aliphatic rings. The van der Waals surface area contributed by atoms with Crippen LogP contribution in [0.5, 0.6) is 0 Å². The summed E-state index contributed by atoms with van der Waals surface area (Å²) in [5.41, 5.74) is 10.8. The fourth-order valence-electron chi connectivity index (χ4n) is 6.60. The standard InChI is InChI=1S/C42H27NO2/c1-3-13-28(14-4-1)30-17-11-18-31(27-30)43(37-22-12-21-35-33-19-7-9-23-38(33)44-41(35)37)40-32(29-15-5-2-6-16-29)25-26-36-34-20-8-10-24-39(34)45-42(36)40/h1-27H. The SMILES string of the molecule is c1ccc(-c2cccc(N(c3cccc4c3oc3ccccc34)c3c(-c4ccccc4)ccc4c3oc3ccccc34)c2)cc1. The van der Waals surface area contributed by atoms with E-state index in [1.54, 1.807) is 0 Å². The first-order valence-corrected chi connectivity index (χ1v) is 15.2. The Morgan fingerprint density at radius 3 is 1.67 bits per heavy atom. The first kappa shape index (κ1) is 25.4. The molecule has 2 heterocycles. The van der Waals surface area contributed by atoms with Crippen molar-refractivity contribution in [3.05, 3.63) is 164 Å². The van der Waals surface area contributed by atoms with Gasteiger partial charge in [-0.3, -0.25) is 0 Å². The summed E-state index contributed by atoms with van der Waals surface area (Å²) in [6, 6.07) is 57.1. The highest BCUT2D eigenvalue weighted by molar-refractivity contribution is 6.16. The van der Waals surface area contributed by atoms with E-state index < -0.39 is 0 Å². The Morgan fingerprint density at radius 2 is 0.933 bits per heavy atom. The molecule has 0 saturated carbocycles. The van der Waals surface area contributed by atoms with Crippen molar-refractivity contribution in [2.45, 2.75) is 0 Å². The van der Waals surface area contributed by atoms with Gasteiger partial charge in [-0.25, -0.2) is 0 Å². The minimum absolute atomic E-state index is 0.829. The summed E-state index contributed by atoms with van der Waals surface area (Å²) in [4.78, 5) is 2.32. The minimum Gasteiger partial charge on any atom is -0.454 e. The van der Waals surface area contributed by atoms with Crippen molar-refractivity contribution in [1.82, 2.24) is 0 Å². The molecular formula is C42H27NO2. The van der Waals surface area contributed by atoms with E-state index in [9.17, 15) is 0 Å². The number of rotatable bonds is 5. The van der Waals surface area contributed by atoms with Crippen LogP contribution in [0, 0.1) is 0 Å². The molecule has 0 fully saturated rings. The normalized spacial score (nSPS) is 11.6. The van der Waals surface area contributed by atoms with Crippen LogP contribution in [0.25, 0.3) is 66.1 Å². The van der Waals surface area contributed by atoms with Gasteiger partial charge >= 0.3 is 0 Å². The van der Waals surface area contributed by atoms with Crippen LogP contribution in [-0.2, 0) is 0 Å². The predicted molar refractivity (Wildman–Crippen MR) is 187 cm³/mol. The van der Waals surface area contributed by atoms with E-state index in [2.05, 4.69) is 144 Å². The van der Waals surface area contributed by atoms with E-state index in [4.69, 9.17) is 8.83 Å². The number of hydrogen-bond donors (Lipinski definition) is 0. The number of furan rings is 2. The van der Waals surface area contributed by atoms with Crippen molar-refractivity contribution in [3.63, 3.8) is 0 Å². The van der Waals surface area contributed by atoms with E-state index in [0.717, 1.165) is 83.2 Å². The number of anilines is 3. The smallest absolute Gasteiger partial charge is 0.160 e. The third-order valence-corrected chi connectivity index (χ3v) is 8.67. The van der Waals surface area contributed by atoms with Crippen molar-refractivity contribution < 1.29 is 8.83 Å². The van der Waals surface area contributed by atoms with Gasteiger partial charge in [0.2, 0.25) is 0 Å². The molecule has 45 heavy (non-hydrogen) atoms. The highest BCUT2D eigenvalue weighted by Gasteiger charge is 2.26. The van der Waals surface area contributed by atoms with Crippen LogP contribution >= 0.6 is 0 Å². The van der Waals surface area contributed by atoms with Crippen LogP contribution in [0.1, 0.15) is 0 Å². The van der Waals surface area contributed by atoms with E-state index in [1.807, 2.05) is 24.3 Å². The molecule has 9 aromatic rings. The molecule has 212 valence electrons. The summed E-state index contributed by atoms with van der Waals surface area (Å²) in [6.45, 7) is 0. The van der Waals surface area contributed by atoms with Crippen LogP contribution in [0.15, 0.2) is 173 Å². The molecule has 9 rings (SSSR count). The highest BCUT2D eigenvalue weighted by Crippen LogP contribution is 2.50.